The molecule has 106 valence electrons. The normalized spacial score (nSPS) is 10.5. The predicted molar refractivity (Wildman–Crippen MR) is 87.5 cm³/mol. The topological polar surface area (TPSA) is 48.1 Å². The summed E-state index contributed by atoms with van der Waals surface area (Å²) >= 11 is 6.58. The molecule has 0 saturated heterocycles. The second-order valence-corrected chi connectivity index (χ2v) is 5.87. The molecule has 0 spiro atoms. The lowest BCUT2D eigenvalue weighted by atomic mass is 10.1. The molecule has 0 radical (unpaired) electrons. The molecule has 1 heterocycles. The average Bonchev–Trinajstić information content (AvgIpc) is 2.89. The van der Waals surface area contributed by atoms with Crippen molar-refractivity contribution < 1.29 is 4.74 Å². The third kappa shape index (κ3) is 3.35. The quantitative estimate of drug-likeness (QED) is 0.830. The smallest absolute Gasteiger partial charge is 0.140 e. The van der Waals surface area contributed by atoms with Gasteiger partial charge in [-0.1, -0.05) is 44.3 Å². The van der Waals surface area contributed by atoms with E-state index in [0.717, 1.165) is 34.2 Å². The minimum absolute atomic E-state index is 0.416. The van der Waals surface area contributed by atoms with Crippen molar-refractivity contribution in [2.24, 2.45) is 5.73 Å². The Bertz CT molecular complexity index is 608. The number of para-hydroxylation sites is 1. The fourth-order valence-electron chi connectivity index (χ4n) is 1.97. The molecule has 0 aliphatic carbocycles. The Labute approximate surface area is 128 Å². The molecule has 0 fully saturated rings. The zero-order valence-corrected chi connectivity index (χ0v) is 13.3. The van der Waals surface area contributed by atoms with E-state index in [9.17, 15) is 0 Å². The number of aromatic nitrogens is 1. The molecule has 1 aromatic carbocycles. The van der Waals surface area contributed by atoms with Crippen LogP contribution >= 0.6 is 23.6 Å². The lowest BCUT2D eigenvalue weighted by molar-refractivity contribution is 0.302. The van der Waals surface area contributed by atoms with Gasteiger partial charge in [-0.15, -0.1) is 11.3 Å². The number of aryl methyl sites for hydroxylation is 2. The molecule has 0 aliphatic heterocycles. The van der Waals surface area contributed by atoms with E-state index in [4.69, 9.17) is 22.7 Å². The van der Waals surface area contributed by atoms with E-state index in [1.54, 1.807) is 0 Å². The molecular formula is C15H18N2OS2. The lowest BCUT2D eigenvalue weighted by Crippen LogP contribution is -2.09. The standard InChI is InChI=1S/C15H18N2OS2/c1-3-10-7-5-6-8-12(10)18-9-13-17-11(4-2)14(20-13)15(16)19/h5-8H,3-4,9H2,1-2H3,(H2,16,19). The molecule has 0 atom stereocenters. The number of hydrogen-bond donors (Lipinski definition) is 1. The van der Waals surface area contributed by atoms with Crippen LogP contribution < -0.4 is 10.5 Å². The summed E-state index contributed by atoms with van der Waals surface area (Å²) in [6.07, 6.45) is 1.78. The summed E-state index contributed by atoms with van der Waals surface area (Å²) in [7, 11) is 0. The Morgan fingerprint density at radius 3 is 2.65 bits per heavy atom. The molecule has 0 unspecified atom stereocenters. The highest BCUT2D eigenvalue weighted by Crippen LogP contribution is 2.23. The number of hydrogen-bond acceptors (Lipinski definition) is 4. The summed E-state index contributed by atoms with van der Waals surface area (Å²) in [5.41, 5.74) is 7.88. The Morgan fingerprint density at radius 2 is 2.05 bits per heavy atom. The van der Waals surface area contributed by atoms with Gasteiger partial charge in [0.1, 0.15) is 22.4 Å². The second-order valence-electron chi connectivity index (χ2n) is 4.35. The van der Waals surface area contributed by atoms with Gasteiger partial charge in [-0.25, -0.2) is 4.98 Å². The van der Waals surface area contributed by atoms with Gasteiger partial charge >= 0.3 is 0 Å². The van der Waals surface area contributed by atoms with Crippen LogP contribution in [0.5, 0.6) is 5.75 Å². The van der Waals surface area contributed by atoms with E-state index in [0.29, 0.717) is 11.6 Å². The summed E-state index contributed by atoms with van der Waals surface area (Å²) in [6, 6.07) is 8.07. The van der Waals surface area contributed by atoms with Crippen molar-refractivity contribution in [3.05, 3.63) is 45.4 Å². The fraction of sp³-hybridized carbons (Fsp3) is 0.333. The Hall–Kier alpha value is -1.46. The summed E-state index contributed by atoms with van der Waals surface area (Å²) in [6.45, 7) is 4.62. The van der Waals surface area contributed by atoms with Gasteiger partial charge in [0.15, 0.2) is 0 Å². The van der Waals surface area contributed by atoms with Crippen molar-refractivity contribution in [1.82, 2.24) is 4.98 Å². The maximum Gasteiger partial charge on any atom is 0.140 e. The van der Waals surface area contributed by atoms with Crippen LogP contribution in [0.3, 0.4) is 0 Å². The third-order valence-electron chi connectivity index (χ3n) is 3.00. The van der Waals surface area contributed by atoms with E-state index >= 15 is 0 Å². The molecule has 3 nitrogen and oxygen atoms in total. The lowest BCUT2D eigenvalue weighted by Gasteiger charge is -2.08. The van der Waals surface area contributed by atoms with Crippen molar-refractivity contribution in [3.8, 4) is 5.75 Å². The summed E-state index contributed by atoms with van der Waals surface area (Å²) in [5.74, 6) is 0.917. The number of benzene rings is 1. The molecule has 0 saturated carbocycles. The van der Waals surface area contributed by atoms with Crippen LogP contribution in [0.2, 0.25) is 0 Å². The first-order valence-electron chi connectivity index (χ1n) is 6.64. The van der Waals surface area contributed by atoms with Crippen molar-refractivity contribution in [1.29, 1.82) is 0 Å². The van der Waals surface area contributed by atoms with Crippen LogP contribution in [0.4, 0.5) is 0 Å². The van der Waals surface area contributed by atoms with Gasteiger partial charge in [0, 0.05) is 0 Å². The molecule has 5 heteroatoms. The number of thiocarbonyl (C=S) groups is 1. The molecule has 1 aromatic heterocycles. The van der Waals surface area contributed by atoms with Crippen LogP contribution in [0, 0.1) is 0 Å². The van der Waals surface area contributed by atoms with Crippen LogP contribution in [0.15, 0.2) is 24.3 Å². The van der Waals surface area contributed by atoms with Gasteiger partial charge < -0.3 is 10.5 Å². The predicted octanol–water partition coefficient (Wildman–Crippen LogP) is 3.48. The van der Waals surface area contributed by atoms with Crippen LogP contribution in [0.1, 0.15) is 35.0 Å². The molecule has 0 amide bonds. The minimum atomic E-state index is 0.416. The average molecular weight is 306 g/mol. The Morgan fingerprint density at radius 1 is 1.30 bits per heavy atom. The zero-order valence-electron chi connectivity index (χ0n) is 11.7. The number of nitrogens with zero attached hydrogens (tertiary/aromatic N) is 1. The van der Waals surface area contributed by atoms with E-state index < -0.39 is 0 Å². The van der Waals surface area contributed by atoms with Crippen molar-refractivity contribution in [2.45, 2.75) is 33.3 Å². The van der Waals surface area contributed by atoms with Gasteiger partial charge in [-0.3, -0.25) is 0 Å². The van der Waals surface area contributed by atoms with Gasteiger partial charge in [-0.2, -0.15) is 0 Å². The van der Waals surface area contributed by atoms with E-state index in [1.807, 2.05) is 25.1 Å². The third-order valence-corrected chi connectivity index (χ3v) is 4.44. The number of thiazole rings is 1. The maximum absolute atomic E-state index is 5.87. The summed E-state index contributed by atoms with van der Waals surface area (Å²) < 4.78 is 5.87. The first-order chi connectivity index (χ1) is 9.65. The van der Waals surface area contributed by atoms with Crippen molar-refractivity contribution in [2.75, 3.05) is 0 Å². The molecule has 2 aromatic rings. The molecule has 20 heavy (non-hydrogen) atoms. The summed E-state index contributed by atoms with van der Waals surface area (Å²) in [5, 5.41) is 0.913. The van der Waals surface area contributed by atoms with Crippen molar-refractivity contribution >= 4 is 28.5 Å². The molecule has 2 N–H and O–H groups in total. The number of ether oxygens (including phenoxy) is 1. The highest BCUT2D eigenvalue weighted by atomic mass is 32.1. The van der Waals surface area contributed by atoms with Crippen LogP contribution in [-0.2, 0) is 19.4 Å². The largest absolute Gasteiger partial charge is 0.486 e. The van der Waals surface area contributed by atoms with E-state index in [-0.39, 0.29) is 0 Å². The first-order valence-corrected chi connectivity index (χ1v) is 7.87. The van der Waals surface area contributed by atoms with Gasteiger partial charge in [0.25, 0.3) is 0 Å². The monoisotopic (exact) mass is 306 g/mol. The second kappa shape index (κ2) is 6.81. The number of rotatable bonds is 6. The summed E-state index contributed by atoms with van der Waals surface area (Å²) in [4.78, 5) is 5.87. The Balaban J connectivity index is 2.13. The van der Waals surface area contributed by atoms with Gasteiger partial charge in [0.2, 0.25) is 0 Å². The minimum Gasteiger partial charge on any atom is -0.486 e. The molecule has 0 aliphatic rings. The van der Waals surface area contributed by atoms with Crippen molar-refractivity contribution in [3.63, 3.8) is 0 Å². The van der Waals surface area contributed by atoms with E-state index in [2.05, 4.69) is 18.0 Å². The highest BCUT2D eigenvalue weighted by Gasteiger charge is 2.12. The van der Waals surface area contributed by atoms with Crippen LogP contribution in [-0.4, -0.2) is 9.97 Å². The maximum atomic E-state index is 5.87. The van der Waals surface area contributed by atoms with Gasteiger partial charge in [-0.05, 0) is 24.5 Å². The molecular weight excluding hydrogens is 288 g/mol. The fourth-order valence-corrected chi connectivity index (χ4v) is 3.13. The van der Waals surface area contributed by atoms with E-state index in [1.165, 1.54) is 16.9 Å². The zero-order chi connectivity index (χ0) is 14.5. The Kier molecular flexibility index (Phi) is 5.09. The SMILES string of the molecule is CCc1ccccc1OCc1nc(CC)c(C(N)=S)s1. The highest BCUT2D eigenvalue weighted by molar-refractivity contribution is 7.81. The molecule has 2 rings (SSSR count). The van der Waals surface area contributed by atoms with Crippen LogP contribution in [0.25, 0.3) is 0 Å². The first kappa shape index (κ1) is 14.9. The molecule has 0 bridgehead atoms. The number of nitrogens with two attached hydrogens (primary N) is 1. The van der Waals surface area contributed by atoms with Gasteiger partial charge in [0.05, 0.1) is 10.6 Å².